The highest BCUT2D eigenvalue weighted by Crippen LogP contribution is 2.45. The largest absolute Gasteiger partial charge is 0.349 e. The maximum Gasteiger partial charge on any atom is 0.0910 e. The van der Waals surface area contributed by atoms with Crippen LogP contribution in [-0.4, -0.2) is 15.8 Å². The predicted octanol–water partition coefficient (Wildman–Crippen LogP) is 18.2. The fourth-order valence-electron chi connectivity index (χ4n) is 13.0. The summed E-state index contributed by atoms with van der Waals surface area (Å²) >= 11 is 0. The molecule has 0 radical (unpaired) electrons. The average Bonchev–Trinajstić information content (AvgIpc) is 3.99. The molecule has 0 fully saturated rings. The first-order valence-electron chi connectivity index (χ1n) is 26.2. The van der Waals surface area contributed by atoms with Gasteiger partial charge in [0.05, 0.1) is 28.7 Å². The summed E-state index contributed by atoms with van der Waals surface area (Å²) in [6, 6.07) is 94.6. The van der Waals surface area contributed by atoms with E-state index in [1.807, 2.05) is 0 Å². The van der Waals surface area contributed by atoms with Crippen LogP contribution in [0.4, 0.5) is 11.4 Å². The van der Waals surface area contributed by atoms with Crippen LogP contribution in [0.2, 0.25) is 0 Å². The van der Waals surface area contributed by atoms with E-state index in [0.717, 1.165) is 19.8 Å². The van der Waals surface area contributed by atoms with Crippen LogP contribution in [0.15, 0.2) is 255 Å². The highest BCUT2D eigenvalue weighted by atomic mass is 15.4. The van der Waals surface area contributed by atoms with Crippen molar-refractivity contribution < 1.29 is 0 Å². The van der Waals surface area contributed by atoms with Crippen LogP contribution in [0.5, 0.6) is 0 Å². The molecular weight excluding hydrogens is 909 g/mol. The number of benzene rings is 12. The van der Waals surface area contributed by atoms with Crippen molar-refractivity contribution in [3.8, 4) is 55.9 Å². The summed E-state index contributed by atoms with van der Waals surface area (Å²) in [5.41, 5.74) is 22.6. The van der Waals surface area contributed by atoms with Gasteiger partial charge in [0.25, 0.3) is 0 Å². The summed E-state index contributed by atoms with van der Waals surface area (Å²) in [6.45, 7) is 2.62. The number of fused-ring (bicyclic) bond motifs is 14. The van der Waals surface area contributed by atoms with Crippen molar-refractivity contribution in [1.29, 1.82) is 0 Å². The summed E-state index contributed by atoms with van der Waals surface area (Å²) < 4.78 is 4.78. The summed E-state index contributed by atoms with van der Waals surface area (Å²) in [7, 11) is 0. The SMILES string of the molecule is c1ccc(-n2c3ccccc3c3cc(-c4ccc(-c5ccc6c(c5)CN5CN6Cc6cc(-c7ccc(-c8ccc9c(c8)c8ccccc8n9-c8ccccc8)c8ccccc78)ccc65)c5ccccc45)ccc32)cc1. The second-order valence-electron chi connectivity index (χ2n) is 20.5. The molecule has 0 amide bonds. The van der Waals surface area contributed by atoms with Gasteiger partial charge in [0.2, 0.25) is 0 Å². The van der Waals surface area contributed by atoms with E-state index < -0.39 is 0 Å². The van der Waals surface area contributed by atoms with Gasteiger partial charge in [-0.1, -0.05) is 170 Å². The third-order valence-corrected chi connectivity index (χ3v) is 16.4. The Morgan fingerprint density at radius 3 is 0.960 bits per heavy atom. The lowest BCUT2D eigenvalue weighted by Gasteiger charge is -2.45. The number of anilines is 2. The first-order valence-corrected chi connectivity index (χ1v) is 26.2. The Kier molecular flexibility index (Phi) is 9.19. The molecule has 12 aromatic carbocycles. The minimum absolute atomic E-state index is 0.866. The third kappa shape index (κ3) is 6.49. The van der Waals surface area contributed by atoms with Gasteiger partial charge >= 0.3 is 0 Å². The molecule has 4 heteroatoms. The molecule has 0 saturated carbocycles. The molecule has 2 aliphatic rings. The van der Waals surface area contributed by atoms with Crippen LogP contribution in [0, 0.1) is 0 Å². The van der Waals surface area contributed by atoms with E-state index in [9.17, 15) is 0 Å². The molecule has 0 aliphatic carbocycles. The minimum Gasteiger partial charge on any atom is -0.349 e. The van der Waals surface area contributed by atoms with Gasteiger partial charge in [-0.15, -0.1) is 0 Å². The van der Waals surface area contributed by atoms with E-state index in [2.05, 4.69) is 274 Å². The summed E-state index contributed by atoms with van der Waals surface area (Å²) in [5, 5.41) is 10.1. The molecule has 2 aromatic heterocycles. The van der Waals surface area contributed by atoms with Crippen molar-refractivity contribution >= 4 is 76.5 Å². The van der Waals surface area contributed by atoms with Crippen LogP contribution in [0.1, 0.15) is 11.1 Å². The van der Waals surface area contributed by atoms with E-state index in [-0.39, 0.29) is 0 Å². The first kappa shape index (κ1) is 41.9. The van der Waals surface area contributed by atoms with E-state index in [4.69, 9.17) is 0 Å². The predicted molar refractivity (Wildman–Crippen MR) is 316 cm³/mol. The van der Waals surface area contributed by atoms with Gasteiger partial charge in [0, 0.05) is 57.4 Å². The van der Waals surface area contributed by atoms with Gasteiger partial charge in [-0.05, 0) is 162 Å². The number of hydrogen-bond donors (Lipinski definition) is 0. The van der Waals surface area contributed by atoms with Gasteiger partial charge in [-0.3, -0.25) is 0 Å². The van der Waals surface area contributed by atoms with Gasteiger partial charge < -0.3 is 18.9 Å². The Labute approximate surface area is 434 Å². The Morgan fingerprint density at radius 2 is 0.560 bits per heavy atom. The van der Waals surface area contributed by atoms with E-state index in [0.29, 0.717) is 0 Å². The number of nitrogens with zero attached hydrogens (tertiary/aromatic N) is 4. The number of rotatable bonds is 6. The molecule has 0 atom stereocenters. The molecule has 14 aromatic rings. The van der Waals surface area contributed by atoms with Gasteiger partial charge in [-0.2, -0.15) is 0 Å². The quantitative estimate of drug-likeness (QED) is 0.165. The highest BCUT2D eigenvalue weighted by Gasteiger charge is 2.30. The molecule has 4 heterocycles. The van der Waals surface area contributed by atoms with Gasteiger partial charge in [0.1, 0.15) is 0 Å². The molecule has 2 bridgehead atoms. The molecule has 0 N–H and O–H groups in total. The minimum atomic E-state index is 0.866. The zero-order valence-electron chi connectivity index (χ0n) is 41.2. The fraction of sp³-hybridized carbons (Fsp3) is 0.0423. The zero-order valence-corrected chi connectivity index (χ0v) is 41.2. The molecule has 16 rings (SSSR count). The van der Waals surface area contributed by atoms with Gasteiger partial charge in [0.15, 0.2) is 0 Å². The van der Waals surface area contributed by atoms with Crippen LogP contribution in [0.3, 0.4) is 0 Å². The van der Waals surface area contributed by atoms with Crippen LogP contribution in [0.25, 0.3) is 121 Å². The lowest BCUT2D eigenvalue weighted by molar-refractivity contribution is 0.651. The second kappa shape index (κ2) is 16.4. The molecule has 75 heavy (non-hydrogen) atoms. The monoisotopic (exact) mass is 956 g/mol. The molecule has 4 nitrogen and oxygen atoms in total. The van der Waals surface area contributed by atoms with Gasteiger partial charge in [-0.25, -0.2) is 0 Å². The van der Waals surface area contributed by atoms with Crippen molar-refractivity contribution in [2.45, 2.75) is 13.1 Å². The lowest BCUT2D eigenvalue weighted by Crippen LogP contribution is -2.46. The molecule has 352 valence electrons. The zero-order chi connectivity index (χ0) is 49.1. The normalized spacial score (nSPS) is 13.1. The molecule has 0 saturated heterocycles. The third-order valence-electron chi connectivity index (χ3n) is 16.4. The Hall–Kier alpha value is -9.64. The highest BCUT2D eigenvalue weighted by molar-refractivity contribution is 6.14. The first-order chi connectivity index (χ1) is 37.2. The van der Waals surface area contributed by atoms with Crippen molar-refractivity contribution in [2.75, 3.05) is 16.5 Å². The van der Waals surface area contributed by atoms with Crippen molar-refractivity contribution in [3.63, 3.8) is 0 Å². The van der Waals surface area contributed by atoms with E-state index in [1.165, 1.54) is 144 Å². The number of para-hydroxylation sites is 4. The molecular formula is C71H48N4. The Balaban J connectivity index is 0.715. The maximum atomic E-state index is 2.56. The Bertz CT molecular complexity index is 4340. The molecule has 2 aliphatic heterocycles. The summed E-state index contributed by atoms with van der Waals surface area (Å²) in [5.74, 6) is 0. The second-order valence-corrected chi connectivity index (χ2v) is 20.5. The van der Waals surface area contributed by atoms with E-state index in [1.54, 1.807) is 0 Å². The van der Waals surface area contributed by atoms with Crippen molar-refractivity contribution in [2.24, 2.45) is 0 Å². The van der Waals surface area contributed by atoms with E-state index >= 15 is 0 Å². The van der Waals surface area contributed by atoms with Crippen LogP contribution < -0.4 is 9.80 Å². The fourth-order valence-corrected chi connectivity index (χ4v) is 13.0. The maximum absolute atomic E-state index is 2.56. The van der Waals surface area contributed by atoms with Crippen molar-refractivity contribution in [3.05, 3.63) is 266 Å². The lowest BCUT2D eigenvalue weighted by atomic mass is 9.89. The number of aromatic nitrogens is 2. The standard InChI is InChI=1S/C71H48N4/c1-3-15-52(16-4-1)74-68-25-13-11-23-62(68)64-41-48(29-37-70(64)74)56-33-31-54(58-19-7-9-21-60(56)58)46-27-35-66-50(39-46)43-72-45-73(66)44-51-40-47(28-36-67(51)72)55-32-34-57(61-22-10-8-20-59(55)61)49-30-38-71-65(42-49)63-24-12-14-26-69(63)75(71)53-17-5-2-6-18-53/h1-42H,43-45H2. The molecule has 0 spiro atoms. The molecule has 0 unspecified atom stereocenters. The smallest absolute Gasteiger partial charge is 0.0910 e. The Morgan fingerprint density at radius 1 is 0.240 bits per heavy atom. The van der Waals surface area contributed by atoms with Crippen LogP contribution >= 0.6 is 0 Å². The summed E-state index contributed by atoms with van der Waals surface area (Å²) in [6.07, 6.45) is 0. The van der Waals surface area contributed by atoms with Crippen LogP contribution in [-0.2, 0) is 13.1 Å². The average molecular weight is 957 g/mol. The number of hydrogen-bond acceptors (Lipinski definition) is 2. The topological polar surface area (TPSA) is 16.3 Å². The summed E-state index contributed by atoms with van der Waals surface area (Å²) in [4.78, 5) is 5.12. The van der Waals surface area contributed by atoms with Crippen molar-refractivity contribution in [1.82, 2.24) is 9.13 Å².